The molecule has 0 N–H and O–H groups in total. The van der Waals surface area contributed by atoms with Crippen LogP contribution < -0.4 is 4.74 Å². The minimum atomic E-state index is -4.94. The van der Waals surface area contributed by atoms with Gasteiger partial charge in [0, 0.05) is 44.5 Å². The number of carbonyl (C=O) groups excluding carboxylic acids is 12. The summed E-state index contributed by atoms with van der Waals surface area (Å²) in [5.74, 6) is -9.46. The highest BCUT2D eigenvalue weighted by Gasteiger charge is 2.61. The first kappa shape index (κ1) is 59.5. The molecule has 90 heavy (non-hydrogen) atoms. The fourth-order valence-corrected chi connectivity index (χ4v) is 12.1. The molecule has 0 amide bonds. The smallest absolute Gasteiger partial charge is 0.406 e. The molecule has 7 aromatic rings. The Bertz CT molecular complexity index is 4350. The Kier molecular flexibility index (Phi) is 13.3. The van der Waals surface area contributed by atoms with Gasteiger partial charge in [-0.15, -0.1) is 0 Å². The van der Waals surface area contributed by atoms with Crippen LogP contribution in [-0.2, 0) is 30.5 Å². The van der Waals surface area contributed by atoms with Gasteiger partial charge in [0.25, 0.3) is 0 Å². The van der Waals surface area contributed by atoms with Crippen LogP contribution in [0, 0.1) is 0 Å². The van der Waals surface area contributed by atoms with E-state index in [2.05, 4.69) is 14.2 Å². The van der Waals surface area contributed by atoms with E-state index in [9.17, 15) is 83.9 Å². The normalized spacial score (nSPS) is 18.9. The zero-order valence-corrected chi connectivity index (χ0v) is 45.7. The molecule has 7 aromatic carbocycles. The zero-order chi connectivity index (χ0) is 64.9. The first-order valence-electron chi connectivity index (χ1n) is 26.6. The number of ketones is 6. The fourth-order valence-electron chi connectivity index (χ4n) is 12.1. The van der Waals surface area contributed by atoms with Gasteiger partial charge in [-0.05, 0) is 102 Å². The summed E-state index contributed by atoms with van der Waals surface area (Å²) in [5, 5.41) is 0. The molecule has 0 radical (unpaired) electrons. The molecule has 16 nitrogen and oxygen atoms in total. The molecule has 25 heteroatoms. The summed E-state index contributed by atoms with van der Waals surface area (Å²) in [7, 11) is 0. The minimum absolute atomic E-state index is 0.00234. The number of alkyl halides is 9. The summed E-state index contributed by atoms with van der Waals surface area (Å²) in [6.07, 6.45) is -15.8. The number of rotatable bonds is 5. The van der Waals surface area contributed by atoms with Gasteiger partial charge in [-0.1, -0.05) is 66.7 Å². The maximum absolute atomic E-state index is 15.1. The molecule has 0 aromatic heterocycles. The zero-order valence-electron chi connectivity index (χ0n) is 45.7. The van der Waals surface area contributed by atoms with Crippen LogP contribution >= 0.6 is 0 Å². The molecule has 452 valence electrons. The lowest BCUT2D eigenvalue weighted by atomic mass is 9.68. The van der Waals surface area contributed by atoms with Crippen LogP contribution in [0.3, 0.4) is 0 Å². The van der Waals surface area contributed by atoms with E-state index in [1.165, 1.54) is 42.5 Å². The van der Waals surface area contributed by atoms with Crippen molar-refractivity contribution in [2.75, 3.05) is 0 Å². The van der Waals surface area contributed by atoms with Crippen LogP contribution in [0.1, 0.15) is 196 Å². The van der Waals surface area contributed by atoms with Crippen molar-refractivity contribution in [3.05, 3.63) is 233 Å². The van der Waals surface area contributed by atoms with Gasteiger partial charge in [0.1, 0.15) is 27.7 Å². The average Bonchev–Trinajstić information content (AvgIpc) is 1.61. The summed E-state index contributed by atoms with van der Waals surface area (Å²) in [6, 6.07) is 24.6. The fraction of sp³-hybridized carbons (Fsp3) is 0.169. The van der Waals surface area contributed by atoms with E-state index in [4.69, 9.17) is 4.74 Å². The van der Waals surface area contributed by atoms with E-state index >= 15 is 13.2 Å². The number of ether oxygens (including phenoxy) is 4. The first-order valence-corrected chi connectivity index (χ1v) is 26.6. The predicted octanol–water partition coefficient (Wildman–Crippen LogP) is 12.0. The molecule has 3 unspecified atom stereocenters. The van der Waals surface area contributed by atoms with E-state index in [0.29, 0.717) is 0 Å². The van der Waals surface area contributed by atoms with Gasteiger partial charge in [0.15, 0.2) is 34.7 Å². The average molecular weight is 1240 g/mol. The SMILES string of the molecule is CC(c1ccc2c(c1)C(=O)CC2=O)(c1ccc2c(c1)C(=O)OC2=O)C(F)(F)F.CC1(C(F)(F)F)c2cc3c(cc2Oc2cc4c(cc21)C(=O)OC4=O)C(=O)CC3=O.O=C1CC(=O)c2cc(C(c3ccccc3)(c3ccc4c(c3)C(=O)OC4=O)C(F)(F)F)ccc21. The Morgan fingerprint density at radius 3 is 1.06 bits per heavy atom. The van der Waals surface area contributed by atoms with E-state index in [-0.39, 0.29) is 124 Å². The third-order valence-corrected chi connectivity index (χ3v) is 17.0. The summed E-state index contributed by atoms with van der Waals surface area (Å²) >= 11 is 0. The van der Waals surface area contributed by atoms with E-state index in [0.717, 1.165) is 92.7 Å². The maximum Gasteiger partial charge on any atom is 0.406 e. The molecule has 7 aliphatic rings. The molecule has 3 atom stereocenters. The van der Waals surface area contributed by atoms with Gasteiger partial charge < -0.3 is 18.9 Å². The lowest BCUT2D eigenvalue weighted by Crippen LogP contribution is -2.44. The van der Waals surface area contributed by atoms with E-state index < -0.39 is 118 Å². The molecule has 14 rings (SSSR count). The Morgan fingerprint density at radius 2 is 0.633 bits per heavy atom. The van der Waals surface area contributed by atoms with E-state index in [1.807, 2.05) is 0 Å². The van der Waals surface area contributed by atoms with Crippen LogP contribution in [-0.4, -0.2) is 89.0 Å². The van der Waals surface area contributed by atoms with Crippen LogP contribution in [0.25, 0.3) is 0 Å². The van der Waals surface area contributed by atoms with Gasteiger partial charge in [-0.3, -0.25) is 28.8 Å². The predicted molar refractivity (Wildman–Crippen MR) is 285 cm³/mol. The monoisotopic (exact) mass is 1240 g/mol. The molecule has 0 spiro atoms. The third-order valence-electron chi connectivity index (χ3n) is 17.0. The van der Waals surface area contributed by atoms with E-state index in [1.54, 1.807) is 6.07 Å². The number of Topliss-reactive ketones (excluding diaryl/α,β-unsaturated/α-hetero) is 6. The molecule has 0 saturated carbocycles. The van der Waals surface area contributed by atoms with Crippen molar-refractivity contribution in [3.8, 4) is 11.5 Å². The number of halogens is 9. The molecule has 3 aliphatic carbocycles. The highest BCUT2D eigenvalue weighted by Crippen LogP contribution is 2.58. The van der Waals surface area contributed by atoms with Gasteiger partial charge in [0.2, 0.25) is 0 Å². The Hall–Kier alpha value is -10.9. The first-order chi connectivity index (χ1) is 42.2. The lowest BCUT2D eigenvalue weighted by molar-refractivity contribution is -0.175. The lowest BCUT2D eigenvalue weighted by Gasteiger charge is -2.39. The van der Waals surface area contributed by atoms with Gasteiger partial charge in [-0.2, -0.15) is 39.5 Å². The molecular weight excluding hydrogens is 1210 g/mol. The molecule has 0 bridgehead atoms. The van der Waals surface area contributed by atoms with Gasteiger partial charge in [-0.25, -0.2) is 28.8 Å². The maximum atomic E-state index is 15.1. The second-order valence-corrected chi connectivity index (χ2v) is 21.9. The van der Waals surface area contributed by atoms with Crippen LogP contribution in [0.2, 0.25) is 0 Å². The van der Waals surface area contributed by atoms with Crippen molar-refractivity contribution < 1.29 is 116 Å². The Balaban J connectivity index is 0.000000131. The molecule has 4 aliphatic heterocycles. The van der Waals surface area contributed by atoms with Gasteiger partial charge >= 0.3 is 54.3 Å². The Labute approximate surface area is 497 Å². The van der Waals surface area contributed by atoms with Crippen molar-refractivity contribution in [2.45, 2.75) is 67.9 Å². The summed E-state index contributed by atoms with van der Waals surface area (Å²) in [5.41, 5.74) is -11.4. The highest BCUT2D eigenvalue weighted by atomic mass is 19.4. The molecular formula is C65H33F9O16. The third kappa shape index (κ3) is 8.75. The van der Waals surface area contributed by atoms with Crippen LogP contribution in [0.5, 0.6) is 11.5 Å². The quantitative estimate of drug-likeness (QED) is 0.0511. The second-order valence-electron chi connectivity index (χ2n) is 21.9. The summed E-state index contributed by atoms with van der Waals surface area (Å²) in [6.45, 7) is 1.81. The topological polar surface area (TPSA) is 242 Å². The molecule has 0 fully saturated rings. The second kappa shape index (κ2) is 20.1. The molecule has 0 saturated heterocycles. The van der Waals surface area contributed by atoms with Gasteiger partial charge in [0.05, 0.1) is 52.6 Å². The number of cyclic esters (lactones) is 6. The number of hydrogen-bond acceptors (Lipinski definition) is 16. The van der Waals surface area contributed by atoms with Crippen LogP contribution in [0.4, 0.5) is 39.5 Å². The number of hydrogen-bond donors (Lipinski definition) is 0. The highest BCUT2D eigenvalue weighted by molar-refractivity contribution is 6.26. The largest absolute Gasteiger partial charge is 0.457 e. The van der Waals surface area contributed by atoms with Crippen molar-refractivity contribution >= 4 is 70.5 Å². The van der Waals surface area contributed by atoms with Crippen molar-refractivity contribution in [1.29, 1.82) is 0 Å². The summed E-state index contributed by atoms with van der Waals surface area (Å²) < 4.78 is 150. The standard InChI is InChI=1S/C25H13F3O5.C20H9F3O6.C20H11F3O5/c26-25(27,28)24(13-4-2-1-3-5-13,14-6-8-16-18(10-14)21(30)12-20(16)29)15-7-9-17-19(11-15)23(32)33-22(17)31;1-19(20(21,22)23)11-2-7-8(14(25)6-13(7)24)4-15(11)28-16-5-10-9(3-12(16)19)17(26)29-18(10)27;1-19(20(21,22)23,9-2-4-11-13(6-9)16(25)8-15(11)24)10-3-5-12-14(7-10)18(27)28-17(12)26/h1-11H,12H2;2-5H,6H2,1H3;2-7H,8H2,1H3. The number of benzene rings is 7. The van der Waals surface area contributed by atoms with Crippen molar-refractivity contribution in [1.82, 2.24) is 0 Å². The number of carbonyl (C=O) groups is 12. The van der Waals surface area contributed by atoms with Crippen LogP contribution in [0.15, 0.2) is 127 Å². The Morgan fingerprint density at radius 1 is 0.322 bits per heavy atom. The summed E-state index contributed by atoms with van der Waals surface area (Å²) in [4.78, 5) is 143. The minimum Gasteiger partial charge on any atom is -0.457 e. The number of fused-ring (bicyclic) bond motifs is 8. The number of esters is 6. The van der Waals surface area contributed by atoms with Crippen molar-refractivity contribution in [3.63, 3.8) is 0 Å². The molecule has 4 heterocycles. The van der Waals surface area contributed by atoms with Crippen molar-refractivity contribution in [2.24, 2.45) is 0 Å².